The van der Waals surface area contributed by atoms with E-state index < -0.39 is 6.29 Å². The van der Waals surface area contributed by atoms with Gasteiger partial charge in [0.15, 0.2) is 6.29 Å². The Morgan fingerprint density at radius 1 is 1.12 bits per heavy atom. The summed E-state index contributed by atoms with van der Waals surface area (Å²) in [5.41, 5.74) is 0.911. The highest BCUT2D eigenvalue weighted by Gasteiger charge is 2.17. The lowest BCUT2D eigenvalue weighted by Crippen LogP contribution is -2.06. The number of ether oxygens (including phenoxy) is 3. The van der Waals surface area contributed by atoms with Crippen LogP contribution in [0, 0.1) is 0 Å². The highest BCUT2D eigenvalue weighted by Crippen LogP contribution is 2.36. The summed E-state index contributed by atoms with van der Waals surface area (Å²) < 4.78 is 17.7. The Balaban J connectivity index is 3.11. The summed E-state index contributed by atoms with van der Waals surface area (Å²) in [6.07, 6.45) is -0.403. The Hall–Kier alpha value is -0.100. The molecule has 16 heavy (non-hydrogen) atoms. The second-order valence-electron chi connectivity index (χ2n) is 3.04. The molecule has 0 bridgehead atoms. The molecule has 1 aromatic rings. The fourth-order valence-corrected chi connectivity index (χ4v) is 2.89. The summed E-state index contributed by atoms with van der Waals surface area (Å²) in [6, 6.07) is 3.79. The molecule has 0 aliphatic carbocycles. The first-order valence-corrected chi connectivity index (χ1v) is 6.40. The Morgan fingerprint density at radius 2 is 1.62 bits per heavy atom. The van der Waals surface area contributed by atoms with Gasteiger partial charge >= 0.3 is 0 Å². The molecule has 0 saturated heterocycles. The molecule has 1 rings (SSSR count). The zero-order chi connectivity index (χ0) is 12.1. The molecule has 0 N–H and O–H groups in total. The average Bonchev–Trinajstić information content (AvgIpc) is 2.23. The maximum atomic E-state index is 5.43. The predicted molar refractivity (Wildman–Crippen MR) is 69.8 cm³/mol. The van der Waals surface area contributed by atoms with Crippen molar-refractivity contribution in [1.29, 1.82) is 0 Å². The normalized spacial score (nSPS) is 10.9. The first-order chi connectivity index (χ1) is 7.63. The van der Waals surface area contributed by atoms with Crippen molar-refractivity contribution in [3.8, 4) is 5.75 Å². The highest BCUT2D eigenvalue weighted by atomic mass is 79.9. The van der Waals surface area contributed by atoms with E-state index in [1.165, 1.54) is 0 Å². The minimum atomic E-state index is -0.403. The van der Waals surface area contributed by atoms with E-state index in [-0.39, 0.29) is 0 Å². The van der Waals surface area contributed by atoms with Crippen LogP contribution in [0.25, 0.3) is 0 Å². The molecule has 0 spiro atoms. The zero-order valence-corrected chi connectivity index (χ0v) is 12.6. The van der Waals surface area contributed by atoms with Gasteiger partial charge in [-0.1, -0.05) is 31.9 Å². The molecule has 3 nitrogen and oxygen atoms in total. The molecule has 0 atom stereocenters. The largest absolute Gasteiger partial charge is 0.494 e. The summed E-state index contributed by atoms with van der Waals surface area (Å²) in [7, 11) is 3.20. The van der Waals surface area contributed by atoms with Crippen LogP contribution in [0.4, 0.5) is 0 Å². The van der Waals surface area contributed by atoms with Gasteiger partial charge in [0.2, 0.25) is 0 Å². The Morgan fingerprint density at radius 3 is 2.00 bits per heavy atom. The number of halogens is 2. The molecule has 0 aromatic heterocycles. The van der Waals surface area contributed by atoms with E-state index >= 15 is 0 Å². The molecular formula is C11H14Br2O3. The predicted octanol–water partition coefficient (Wildman–Crippen LogP) is 3.90. The number of benzene rings is 1. The van der Waals surface area contributed by atoms with E-state index in [2.05, 4.69) is 31.9 Å². The zero-order valence-electron chi connectivity index (χ0n) is 9.42. The second kappa shape index (κ2) is 6.59. The molecule has 0 heterocycles. The minimum Gasteiger partial charge on any atom is -0.494 e. The smallest absolute Gasteiger partial charge is 0.185 e. The fourth-order valence-electron chi connectivity index (χ4n) is 1.37. The van der Waals surface area contributed by atoms with E-state index in [0.29, 0.717) is 6.61 Å². The van der Waals surface area contributed by atoms with Crippen molar-refractivity contribution in [2.75, 3.05) is 20.8 Å². The van der Waals surface area contributed by atoms with Gasteiger partial charge in [0.1, 0.15) is 5.75 Å². The van der Waals surface area contributed by atoms with Crippen molar-refractivity contribution in [2.45, 2.75) is 13.2 Å². The Bertz CT molecular complexity index is 328. The van der Waals surface area contributed by atoms with E-state index in [9.17, 15) is 0 Å². The second-order valence-corrected chi connectivity index (χ2v) is 4.75. The van der Waals surface area contributed by atoms with E-state index in [1.807, 2.05) is 19.1 Å². The third-order valence-electron chi connectivity index (χ3n) is 2.03. The molecule has 0 radical (unpaired) electrons. The molecule has 90 valence electrons. The van der Waals surface area contributed by atoms with Crippen molar-refractivity contribution in [1.82, 2.24) is 0 Å². The van der Waals surface area contributed by atoms with Crippen LogP contribution in [0.15, 0.2) is 21.1 Å². The van der Waals surface area contributed by atoms with Gasteiger partial charge in [-0.05, 0) is 19.1 Å². The van der Waals surface area contributed by atoms with E-state index in [0.717, 1.165) is 20.3 Å². The maximum Gasteiger partial charge on any atom is 0.185 e. The molecule has 0 saturated carbocycles. The van der Waals surface area contributed by atoms with Crippen molar-refractivity contribution >= 4 is 31.9 Å². The third kappa shape index (κ3) is 3.20. The monoisotopic (exact) mass is 352 g/mol. The number of methoxy groups -OCH3 is 2. The maximum absolute atomic E-state index is 5.43. The first kappa shape index (κ1) is 14.0. The van der Waals surface area contributed by atoms with Gasteiger partial charge < -0.3 is 14.2 Å². The lowest BCUT2D eigenvalue weighted by Gasteiger charge is -2.18. The van der Waals surface area contributed by atoms with Crippen LogP contribution in [0.2, 0.25) is 0 Å². The van der Waals surface area contributed by atoms with Crippen molar-refractivity contribution in [3.05, 3.63) is 26.6 Å². The number of hydrogen-bond donors (Lipinski definition) is 0. The van der Waals surface area contributed by atoms with Gasteiger partial charge in [-0.3, -0.25) is 0 Å². The third-order valence-corrected chi connectivity index (χ3v) is 3.34. The Labute approximate surface area is 112 Å². The van der Waals surface area contributed by atoms with Crippen LogP contribution in [0.5, 0.6) is 5.75 Å². The summed E-state index contributed by atoms with van der Waals surface area (Å²) in [6.45, 7) is 2.58. The van der Waals surface area contributed by atoms with Crippen molar-refractivity contribution < 1.29 is 14.2 Å². The summed E-state index contributed by atoms with van der Waals surface area (Å²) in [4.78, 5) is 0. The van der Waals surface area contributed by atoms with Gasteiger partial charge in [-0.2, -0.15) is 0 Å². The molecular weight excluding hydrogens is 340 g/mol. The lowest BCUT2D eigenvalue weighted by atomic mass is 10.2. The molecule has 5 heteroatoms. The van der Waals surface area contributed by atoms with Gasteiger partial charge in [0, 0.05) is 28.7 Å². The van der Waals surface area contributed by atoms with Crippen LogP contribution in [-0.4, -0.2) is 20.8 Å². The van der Waals surface area contributed by atoms with E-state index in [4.69, 9.17) is 14.2 Å². The quantitative estimate of drug-likeness (QED) is 0.751. The van der Waals surface area contributed by atoms with Crippen LogP contribution < -0.4 is 4.74 Å². The Kier molecular flexibility index (Phi) is 5.75. The van der Waals surface area contributed by atoms with Crippen LogP contribution in [-0.2, 0) is 9.47 Å². The summed E-state index contributed by atoms with van der Waals surface area (Å²) in [5.74, 6) is 0.802. The minimum absolute atomic E-state index is 0.403. The molecule has 0 unspecified atom stereocenters. The van der Waals surface area contributed by atoms with E-state index in [1.54, 1.807) is 14.2 Å². The van der Waals surface area contributed by atoms with Gasteiger partial charge in [-0.15, -0.1) is 0 Å². The molecule has 0 amide bonds. The molecule has 1 aromatic carbocycles. The summed E-state index contributed by atoms with van der Waals surface area (Å²) in [5, 5.41) is 0. The van der Waals surface area contributed by atoms with Crippen molar-refractivity contribution in [2.24, 2.45) is 0 Å². The fraction of sp³-hybridized carbons (Fsp3) is 0.455. The first-order valence-electron chi connectivity index (χ1n) is 4.81. The van der Waals surface area contributed by atoms with Crippen LogP contribution >= 0.6 is 31.9 Å². The molecule has 0 fully saturated rings. The van der Waals surface area contributed by atoms with Crippen molar-refractivity contribution in [3.63, 3.8) is 0 Å². The number of rotatable bonds is 5. The van der Waals surface area contributed by atoms with Crippen LogP contribution in [0.1, 0.15) is 18.8 Å². The SMILES string of the molecule is CCOc1cc(Br)c(C(OC)OC)c(Br)c1. The molecule has 0 aliphatic rings. The van der Waals surface area contributed by atoms with Gasteiger partial charge in [0.25, 0.3) is 0 Å². The highest BCUT2D eigenvalue weighted by molar-refractivity contribution is 9.11. The summed E-state index contributed by atoms with van der Waals surface area (Å²) >= 11 is 6.96. The topological polar surface area (TPSA) is 27.7 Å². The lowest BCUT2D eigenvalue weighted by molar-refractivity contribution is -0.106. The van der Waals surface area contributed by atoms with Gasteiger partial charge in [0.05, 0.1) is 6.61 Å². The number of hydrogen-bond acceptors (Lipinski definition) is 3. The molecule has 0 aliphatic heterocycles. The standard InChI is InChI=1S/C11H14Br2O3/c1-4-16-7-5-8(12)10(9(13)6-7)11(14-2)15-3/h5-6,11H,4H2,1-3H3. The average molecular weight is 354 g/mol. The van der Waals surface area contributed by atoms with Crippen LogP contribution in [0.3, 0.4) is 0 Å². The van der Waals surface area contributed by atoms with Gasteiger partial charge in [-0.25, -0.2) is 0 Å².